The smallest absolute Gasteiger partial charge is 0.327 e. The van der Waals surface area contributed by atoms with E-state index in [4.69, 9.17) is 5.73 Å². The van der Waals surface area contributed by atoms with Crippen LogP contribution in [0.25, 0.3) is 0 Å². The van der Waals surface area contributed by atoms with E-state index in [2.05, 4.69) is 4.84 Å². The second-order valence-corrected chi connectivity index (χ2v) is 3.54. The van der Waals surface area contributed by atoms with Crippen LogP contribution in [0.15, 0.2) is 0 Å². The summed E-state index contributed by atoms with van der Waals surface area (Å²) in [6.07, 6.45) is -4.51. The topological polar surface area (TPSA) is 64.4 Å². The molecule has 0 heterocycles. The first-order chi connectivity index (χ1) is 6.72. The minimum Gasteiger partial charge on any atom is -0.327 e. The third kappa shape index (κ3) is 8.19. The van der Waals surface area contributed by atoms with Gasteiger partial charge in [0.05, 0.1) is 0 Å². The number of hydrogen-bond donors (Lipinski definition) is 2. The second-order valence-electron chi connectivity index (χ2n) is 3.54. The lowest BCUT2D eigenvalue weighted by Crippen LogP contribution is -2.36. The van der Waals surface area contributed by atoms with Crippen LogP contribution in [-0.2, 0) is 9.63 Å². The van der Waals surface area contributed by atoms with Crippen molar-refractivity contribution in [3.05, 3.63) is 0 Å². The Labute approximate surface area is 85.9 Å². The van der Waals surface area contributed by atoms with Crippen LogP contribution >= 0.6 is 0 Å². The minimum absolute atomic E-state index is 0.0600. The van der Waals surface area contributed by atoms with E-state index in [9.17, 15) is 18.0 Å². The molecule has 0 aromatic rings. The van der Waals surface area contributed by atoms with Gasteiger partial charge >= 0.3 is 6.18 Å². The Kier molecular flexibility index (Phi) is 5.59. The second kappa shape index (κ2) is 5.92. The maximum Gasteiger partial charge on any atom is 0.414 e. The minimum atomic E-state index is -4.45. The highest BCUT2D eigenvalue weighted by atomic mass is 19.4. The van der Waals surface area contributed by atoms with Crippen molar-refractivity contribution in [3.63, 3.8) is 0 Å². The Morgan fingerprint density at radius 1 is 1.47 bits per heavy atom. The molecule has 0 aliphatic heterocycles. The molecule has 0 spiro atoms. The summed E-state index contributed by atoms with van der Waals surface area (Å²) in [7, 11) is 0. The Morgan fingerprint density at radius 3 is 2.40 bits per heavy atom. The molecule has 0 fully saturated rings. The normalized spacial score (nSPS) is 14.1. The van der Waals surface area contributed by atoms with Gasteiger partial charge in [0.15, 0.2) is 6.61 Å². The average Bonchev–Trinajstić information content (AvgIpc) is 2.01. The third-order valence-corrected chi connectivity index (χ3v) is 1.70. The number of rotatable bonds is 5. The predicted molar refractivity (Wildman–Crippen MR) is 47.6 cm³/mol. The van der Waals surface area contributed by atoms with Crippen molar-refractivity contribution < 1.29 is 22.8 Å². The summed E-state index contributed by atoms with van der Waals surface area (Å²) in [6.45, 7) is 2.12. The molecule has 4 nitrogen and oxygen atoms in total. The molecular weight excluding hydrogens is 213 g/mol. The van der Waals surface area contributed by atoms with Crippen LogP contribution in [-0.4, -0.2) is 24.7 Å². The van der Waals surface area contributed by atoms with Gasteiger partial charge in [0.25, 0.3) is 0 Å². The van der Waals surface area contributed by atoms with Crippen molar-refractivity contribution in [2.75, 3.05) is 6.61 Å². The van der Waals surface area contributed by atoms with Gasteiger partial charge in [0.2, 0.25) is 5.91 Å². The molecule has 3 N–H and O–H groups in total. The Hall–Kier alpha value is -0.820. The van der Waals surface area contributed by atoms with Gasteiger partial charge < -0.3 is 5.73 Å². The fraction of sp³-hybridized carbons (Fsp3) is 0.875. The molecule has 0 radical (unpaired) electrons. The van der Waals surface area contributed by atoms with Crippen molar-refractivity contribution in [2.24, 2.45) is 11.7 Å². The van der Waals surface area contributed by atoms with E-state index in [1.165, 1.54) is 0 Å². The van der Waals surface area contributed by atoms with Crippen LogP contribution in [0.3, 0.4) is 0 Å². The number of nitrogens with one attached hydrogen (secondary N) is 1. The first kappa shape index (κ1) is 14.2. The van der Waals surface area contributed by atoms with E-state index in [0.29, 0.717) is 0 Å². The first-order valence-corrected chi connectivity index (χ1v) is 4.45. The van der Waals surface area contributed by atoms with E-state index >= 15 is 0 Å². The van der Waals surface area contributed by atoms with Gasteiger partial charge in [-0.15, -0.1) is 0 Å². The highest BCUT2D eigenvalue weighted by Crippen LogP contribution is 2.13. The van der Waals surface area contributed by atoms with Gasteiger partial charge in [0, 0.05) is 12.5 Å². The molecule has 0 saturated heterocycles. The number of hydrogen-bond acceptors (Lipinski definition) is 3. The Bertz CT molecular complexity index is 207. The zero-order valence-corrected chi connectivity index (χ0v) is 8.60. The molecule has 0 aromatic heterocycles. The number of alkyl halides is 3. The molecular formula is C8H15F3N2O2. The monoisotopic (exact) mass is 228 g/mol. The molecule has 0 rings (SSSR count). The Balaban J connectivity index is 3.67. The van der Waals surface area contributed by atoms with Crippen LogP contribution < -0.4 is 11.2 Å². The van der Waals surface area contributed by atoms with E-state index in [0.717, 1.165) is 0 Å². The summed E-state index contributed by atoms with van der Waals surface area (Å²) in [4.78, 5) is 14.9. The van der Waals surface area contributed by atoms with Crippen molar-refractivity contribution in [1.29, 1.82) is 0 Å². The lowest BCUT2D eigenvalue weighted by molar-refractivity contribution is -0.191. The van der Waals surface area contributed by atoms with E-state index < -0.39 is 18.7 Å². The van der Waals surface area contributed by atoms with E-state index in [-0.39, 0.29) is 18.4 Å². The number of halogens is 3. The molecule has 0 aromatic carbocycles. The fourth-order valence-corrected chi connectivity index (χ4v) is 0.690. The summed E-state index contributed by atoms with van der Waals surface area (Å²) in [6, 6.07) is -0.389. The molecule has 7 heteroatoms. The van der Waals surface area contributed by atoms with Crippen molar-refractivity contribution in [2.45, 2.75) is 32.5 Å². The van der Waals surface area contributed by atoms with E-state index in [1.807, 2.05) is 13.8 Å². The standard InChI is InChI=1S/C8H15F3N2O2/c1-5(2)6(12)3-7(14)13-15-4-8(9,10)11/h5-6H,3-4,12H2,1-2H3,(H,13,14). The average molecular weight is 228 g/mol. The van der Waals surface area contributed by atoms with Gasteiger partial charge in [-0.3, -0.25) is 9.63 Å². The van der Waals surface area contributed by atoms with Crippen molar-refractivity contribution in [3.8, 4) is 0 Å². The van der Waals surface area contributed by atoms with Crippen LogP contribution in [0.5, 0.6) is 0 Å². The molecule has 90 valence electrons. The number of nitrogens with two attached hydrogens (primary N) is 1. The maximum atomic E-state index is 11.6. The highest BCUT2D eigenvalue weighted by molar-refractivity contribution is 5.75. The molecule has 0 aliphatic rings. The molecule has 1 unspecified atom stereocenters. The number of carbonyl (C=O) groups excluding carboxylic acids is 1. The van der Waals surface area contributed by atoms with Gasteiger partial charge in [-0.05, 0) is 5.92 Å². The first-order valence-electron chi connectivity index (χ1n) is 4.45. The Morgan fingerprint density at radius 2 is 2.00 bits per heavy atom. The molecule has 1 amide bonds. The quantitative estimate of drug-likeness (QED) is 0.689. The van der Waals surface area contributed by atoms with Gasteiger partial charge in [0.1, 0.15) is 0 Å². The third-order valence-electron chi connectivity index (χ3n) is 1.70. The van der Waals surface area contributed by atoms with Crippen LogP contribution in [0.4, 0.5) is 13.2 Å². The van der Waals surface area contributed by atoms with Crippen LogP contribution in [0, 0.1) is 5.92 Å². The summed E-state index contributed by atoms with van der Waals surface area (Å²) in [5.41, 5.74) is 7.22. The van der Waals surface area contributed by atoms with Crippen molar-refractivity contribution >= 4 is 5.91 Å². The summed E-state index contributed by atoms with van der Waals surface area (Å²) < 4.78 is 34.8. The molecule has 1 atom stereocenters. The summed E-state index contributed by atoms with van der Waals surface area (Å²) in [5.74, 6) is -0.571. The number of amides is 1. The lowest BCUT2D eigenvalue weighted by Gasteiger charge is -2.15. The molecule has 15 heavy (non-hydrogen) atoms. The van der Waals surface area contributed by atoms with Gasteiger partial charge in [-0.2, -0.15) is 13.2 Å². The molecule has 0 aliphatic carbocycles. The number of hydroxylamine groups is 1. The number of carbonyl (C=O) groups is 1. The molecule has 0 bridgehead atoms. The summed E-state index contributed by atoms with van der Waals surface area (Å²) >= 11 is 0. The highest BCUT2D eigenvalue weighted by Gasteiger charge is 2.28. The summed E-state index contributed by atoms with van der Waals surface area (Å²) in [5, 5.41) is 0. The lowest BCUT2D eigenvalue weighted by atomic mass is 10.0. The molecule has 0 saturated carbocycles. The van der Waals surface area contributed by atoms with Crippen LogP contribution in [0.2, 0.25) is 0 Å². The zero-order chi connectivity index (χ0) is 12.1. The van der Waals surface area contributed by atoms with Crippen LogP contribution in [0.1, 0.15) is 20.3 Å². The largest absolute Gasteiger partial charge is 0.414 e. The van der Waals surface area contributed by atoms with Gasteiger partial charge in [-0.1, -0.05) is 13.8 Å². The van der Waals surface area contributed by atoms with Gasteiger partial charge in [-0.25, -0.2) is 5.48 Å². The van der Waals surface area contributed by atoms with Crippen molar-refractivity contribution in [1.82, 2.24) is 5.48 Å². The van der Waals surface area contributed by atoms with E-state index in [1.54, 1.807) is 5.48 Å². The predicted octanol–water partition coefficient (Wildman–Crippen LogP) is 0.970. The fourth-order valence-electron chi connectivity index (χ4n) is 0.690. The maximum absolute atomic E-state index is 11.6. The SMILES string of the molecule is CC(C)C(N)CC(=O)NOCC(F)(F)F. The zero-order valence-electron chi connectivity index (χ0n) is 8.60.